The number of imide groups is 1. The second kappa shape index (κ2) is 11.9. The first-order valence-electron chi connectivity index (χ1n) is 11.3. The highest BCUT2D eigenvalue weighted by Gasteiger charge is 2.54. The standard InChI is InChI=1S/C22H23N7O7S3/c1-9-27-28-22(39-9)38-8-11-7-37-18-15(17(32)29(18)16(11)19(33)34)25-14(31)5-10-3-4-12(30)6-13(10)24-21(36)26-20(35)23-2/h3-4,6,15,18,30H,5,7-8H2,1-2H3,(H,25,31)(H,33,34)(H3,23,24,26,35,36). The molecular formula is C22H23N7O7S3. The molecule has 1 fully saturated rings. The number of rotatable bonds is 8. The third-order valence-electron chi connectivity index (χ3n) is 5.59. The summed E-state index contributed by atoms with van der Waals surface area (Å²) in [6.07, 6.45) is -0.262. The van der Waals surface area contributed by atoms with Gasteiger partial charge in [0.1, 0.15) is 27.9 Å². The Kier molecular flexibility index (Phi) is 8.61. The van der Waals surface area contributed by atoms with Gasteiger partial charge in [-0.15, -0.1) is 22.0 Å². The lowest BCUT2D eigenvalue weighted by Crippen LogP contribution is -2.70. The van der Waals surface area contributed by atoms with E-state index in [0.29, 0.717) is 27.0 Å². The molecule has 17 heteroatoms. The molecule has 206 valence electrons. The van der Waals surface area contributed by atoms with Crippen LogP contribution in [0.5, 0.6) is 5.75 Å². The van der Waals surface area contributed by atoms with Crippen molar-refractivity contribution >= 4 is 70.4 Å². The third-order valence-corrected chi connectivity index (χ3v) is 8.99. The number of hydrogen-bond acceptors (Lipinski definition) is 11. The normalized spacial score (nSPS) is 18.1. The average Bonchev–Trinajstić information content (AvgIpc) is 3.31. The molecule has 0 radical (unpaired) electrons. The van der Waals surface area contributed by atoms with E-state index < -0.39 is 41.3 Å². The summed E-state index contributed by atoms with van der Waals surface area (Å²) in [6, 6.07) is 1.39. The zero-order chi connectivity index (χ0) is 28.3. The summed E-state index contributed by atoms with van der Waals surface area (Å²) in [5.74, 6) is -1.80. The molecule has 3 heterocycles. The molecular weight excluding hydrogens is 570 g/mol. The topological polar surface area (TPSA) is 203 Å². The molecule has 1 aromatic carbocycles. The van der Waals surface area contributed by atoms with Crippen molar-refractivity contribution in [2.45, 2.75) is 29.1 Å². The van der Waals surface area contributed by atoms with Gasteiger partial charge in [0.15, 0.2) is 4.34 Å². The van der Waals surface area contributed by atoms with Crippen LogP contribution in [0.4, 0.5) is 15.3 Å². The van der Waals surface area contributed by atoms with Crippen LogP contribution < -0.4 is 21.3 Å². The maximum absolute atomic E-state index is 12.9. The van der Waals surface area contributed by atoms with E-state index >= 15 is 0 Å². The molecule has 4 rings (SSSR count). The first-order valence-corrected chi connectivity index (χ1v) is 14.2. The van der Waals surface area contributed by atoms with Crippen LogP contribution in [0.25, 0.3) is 0 Å². The van der Waals surface area contributed by atoms with E-state index in [0.717, 1.165) is 5.01 Å². The second-order valence-corrected chi connectivity index (χ2v) is 11.8. The van der Waals surface area contributed by atoms with Crippen LogP contribution in [0.2, 0.25) is 0 Å². The Labute approximate surface area is 234 Å². The maximum atomic E-state index is 12.9. The van der Waals surface area contributed by atoms with Gasteiger partial charge in [-0.1, -0.05) is 29.2 Å². The fourth-order valence-corrected chi connectivity index (χ4v) is 7.13. The van der Waals surface area contributed by atoms with Crippen molar-refractivity contribution in [2.75, 3.05) is 23.9 Å². The van der Waals surface area contributed by atoms with Gasteiger partial charge in [0.25, 0.3) is 5.91 Å². The van der Waals surface area contributed by atoms with Crippen molar-refractivity contribution in [3.63, 3.8) is 0 Å². The Morgan fingerprint density at radius 2 is 1.97 bits per heavy atom. The SMILES string of the molecule is CNC(=O)NC(=O)Nc1cc(O)ccc1CC(=O)NC1C(=O)N2C(C(=O)O)=C(CSc3nnc(C)s3)CSC12. The average molecular weight is 594 g/mol. The molecule has 14 nitrogen and oxygen atoms in total. The van der Waals surface area contributed by atoms with Gasteiger partial charge in [-0.2, -0.15) is 0 Å². The van der Waals surface area contributed by atoms with Gasteiger partial charge in [0.2, 0.25) is 5.91 Å². The number of aliphatic carboxylic acids is 1. The Morgan fingerprint density at radius 1 is 1.21 bits per heavy atom. The minimum atomic E-state index is -1.22. The number of aromatic nitrogens is 2. The van der Waals surface area contributed by atoms with Crippen LogP contribution in [0, 0.1) is 6.92 Å². The van der Waals surface area contributed by atoms with Crippen LogP contribution >= 0.6 is 34.9 Å². The maximum Gasteiger partial charge on any atom is 0.352 e. The first kappa shape index (κ1) is 28.2. The van der Waals surface area contributed by atoms with Gasteiger partial charge >= 0.3 is 18.0 Å². The summed E-state index contributed by atoms with van der Waals surface area (Å²) < 4.78 is 0.700. The number of carboxylic acids is 1. The molecule has 0 bridgehead atoms. The first-order chi connectivity index (χ1) is 18.6. The van der Waals surface area contributed by atoms with Gasteiger partial charge in [0, 0.05) is 30.3 Å². The number of aromatic hydroxyl groups is 1. The minimum absolute atomic E-state index is 0.0871. The lowest BCUT2D eigenvalue weighted by atomic mass is 10.0. The van der Waals surface area contributed by atoms with Gasteiger partial charge in [0.05, 0.1) is 6.42 Å². The highest BCUT2D eigenvalue weighted by atomic mass is 32.2. The van der Waals surface area contributed by atoms with Crippen LogP contribution in [0.15, 0.2) is 33.8 Å². The number of urea groups is 2. The van der Waals surface area contributed by atoms with E-state index in [1.54, 1.807) is 0 Å². The smallest absolute Gasteiger partial charge is 0.352 e. The molecule has 0 saturated carbocycles. The Balaban J connectivity index is 1.41. The number of carboxylic acid groups (broad SMARTS) is 1. The summed E-state index contributed by atoms with van der Waals surface area (Å²) in [4.78, 5) is 62.4. The fourth-order valence-electron chi connectivity index (χ4n) is 3.83. The Morgan fingerprint density at radius 3 is 2.64 bits per heavy atom. The molecule has 2 aliphatic rings. The number of carbonyl (C=O) groups excluding carboxylic acids is 4. The summed E-state index contributed by atoms with van der Waals surface area (Å²) >= 11 is 4.10. The zero-order valence-electron chi connectivity index (χ0n) is 20.5. The van der Waals surface area contributed by atoms with Gasteiger partial charge < -0.3 is 26.2 Å². The van der Waals surface area contributed by atoms with Crippen LogP contribution in [-0.2, 0) is 20.8 Å². The quantitative estimate of drug-likeness (QED) is 0.189. The molecule has 6 amide bonds. The molecule has 1 saturated heterocycles. The number of nitrogens with one attached hydrogen (secondary N) is 4. The number of phenolic OH excluding ortho intramolecular Hbond substituents is 1. The van der Waals surface area contributed by atoms with E-state index in [9.17, 15) is 34.2 Å². The Bertz CT molecular complexity index is 1380. The second-order valence-electron chi connectivity index (χ2n) is 8.26. The number of amides is 6. The van der Waals surface area contributed by atoms with Crippen LogP contribution in [0.1, 0.15) is 10.6 Å². The van der Waals surface area contributed by atoms with Crippen molar-refractivity contribution in [2.24, 2.45) is 0 Å². The number of anilines is 1. The number of phenols is 1. The van der Waals surface area contributed by atoms with E-state index in [-0.39, 0.29) is 23.6 Å². The van der Waals surface area contributed by atoms with Gasteiger partial charge in [-0.05, 0) is 24.1 Å². The fraction of sp³-hybridized carbons (Fsp3) is 0.318. The van der Waals surface area contributed by atoms with E-state index in [2.05, 4.69) is 26.1 Å². The van der Waals surface area contributed by atoms with Crippen LogP contribution in [0.3, 0.4) is 0 Å². The molecule has 2 unspecified atom stereocenters. The zero-order valence-corrected chi connectivity index (χ0v) is 23.0. The molecule has 0 spiro atoms. The lowest BCUT2D eigenvalue weighted by molar-refractivity contribution is -0.150. The van der Waals surface area contributed by atoms with E-state index in [1.165, 1.54) is 65.0 Å². The molecule has 2 aliphatic heterocycles. The van der Waals surface area contributed by atoms with Crippen LogP contribution in [-0.4, -0.2) is 85.1 Å². The largest absolute Gasteiger partial charge is 0.508 e. The van der Waals surface area contributed by atoms with Crippen molar-refractivity contribution in [1.29, 1.82) is 0 Å². The third kappa shape index (κ3) is 6.43. The molecule has 39 heavy (non-hydrogen) atoms. The summed E-state index contributed by atoms with van der Waals surface area (Å²) in [7, 11) is 1.33. The summed E-state index contributed by atoms with van der Waals surface area (Å²) in [5, 5.41) is 37.1. The predicted octanol–water partition coefficient (Wildman–Crippen LogP) is 1.09. The predicted molar refractivity (Wildman–Crippen MR) is 143 cm³/mol. The van der Waals surface area contributed by atoms with E-state index in [4.69, 9.17) is 0 Å². The van der Waals surface area contributed by atoms with Crippen molar-refractivity contribution < 1.29 is 34.2 Å². The highest BCUT2D eigenvalue weighted by molar-refractivity contribution is 8.01. The lowest BCUT2D eigenvalue weighted by Gasteiger charge is -2.49. The number of β-lactam (4-membered cyclic amide) rings is 1. The Hall–Kier alpha value is -3.83. The monoisotopic (exact) mass is 593 g/mol. The van der Waals surface area contributed by atoms with Crippen molar-refractivity contribution in [1.82, 2.24) is 31.0 Å². The molecule has 2 aromatic rings. The number of hydrogen-bond donors (Lipinski definition) is 6. The van der Waals surface area contributed by atoms with Gasteiger partial charge in [-0.3, -0.25) is 19.8 Å². The van der Waals surface area contributed by atoms with E-state index in [1.807, 2.05) is 12.2 Å². The molecule has 6 N–H and O–H groups in total. The summed E-state index contributed by atoms with van der Waals surface area (Å²) in [6.45, 7) is 1.82. The number of benzene rings is 1. The molecule has 1 aromatic heterocycles. The number of carbonyl (C=O) groups is 5. The minimum Gasteiger partial charge on any atom is -0.508 e. The van der Waals surface area contributed by atoms with Crippen molar-refractivity contribution in [3.8, 4) is 5.75 Å². The highest BCUT2D eigenvalue weighted by Crippen LogP contribution is 2.41. The molecule has 2 atom stereocenters. The number of aryl methyl sites for hydroxylation is 1. The summed E-state index contributed by atoms with van der Waals surface area (Å²) in [5.41, 5.74) is 0.892. The number of thioether (sulfide) groups is 2. The number of nitrogens with zero attached hydrogens (tertiary/aromatic N) is 3. The number of fused-ring (bicyclic) bond motifs is 1. The van der Waals surface area contributed by atoms with Crippen molar-refractivity contribution in [3.05, 3.63) is 40.0 Å². The van der Waals surface area contributed by atoms with Gasteiger partial charge in [-0.25, -0.2) is 14.4 Å². The molecule has 0 aliphatic carbocycles.